The summed E-state index contributed by atoms with van der Waals surface area (Å²) in [6, 6.07) is 7.89. The number of carbonyl (C=O) groups excluding carboxylic acids is 2. The Hall–Kier alpha value is -1.88. The van der Waals surface area contributed by atoms with Crippen LogP contribution in [0.5, 0.6) is 5.75 Å². The van der Waals surface area contributed by atoms with Gasteiger partial charge in [-0.2, -0.15) is 0 Å². The van der Waals surface area contributed by atoms with E-state index < -0.39 is 0 Å². The molecule has 1 aromatic rings. The summed E-state index contributed by atoms with van der Waals surface area (Å²) in [6.45, 7) is 1.93. The number of nitrogens with zero attached hydrogens (tertiary/aromatic N) is 1. The molecule has 2 saturated heterocycles. The predicted octanol–water partition coefficient (Wildman–Crippen LogP) is 2.07. The molecule has 5 unspecified atom stereocenters. The number of benzene rings is 1. The second-order valence-electron chi connectivity index (χ2n) is 7.38. The number of hydrogen-bond donors (Lipinski definition) is 0. The Morgan fingerprint density at radius 1 is 1.12 bits per heavy atom. The van der Waals surface area contributed by atoms with Crippen molar-refractivity contribution in [1.29, 1.82) is 0 Å². The van der Waals surface area contributed by atoms with Crippen molar-refractivity contribution in [2.45, 2.75) is 18.8 Å². The van der Waals surface area contributed by atoms with E-state index in [2.05, 4.69) is 11.9 Å². The highest BCUT2D eigenvalue weighted by Gasteiger charge is 2.57. The van der Waals surface area contributed by atoms with Crippen LogP contribution in [0.15, 0.2) is 24.3 Å². The number of cyclic esters (lactones) is 2. The van der Waals surface area contributed by atoms with Gasteiger partial charge in [0, 0.05) is 6.54 Å². The first-order valence-electron chi connectivity index (χ1n) is 8.66. The third-order valence-electron chi connectivity index (χ3n) is 6.14. The van der Waals surface area contributed by atoms with Crippen LogP contribution >= 0.6 is 0 Å². The molecule has 0 amide bonds. The molecule has 5 nitrogen and oxygen atoms in total. The number of rotatable bonds is 2. The quantitative estimate of drug-likeness (QED) is 0.614. The number of fused-ring (bicyclic) bond motifs is 3. The van der Waals surface area contributed by atoms with E-state index in [1.165, 1.54) is 0 Å². The van der Waals surface area contributed by atoms with E-state index in [1.807, 2.05) is 24.3 Å². The smallest absolute Gasteiger partial charge is 0.318 e. The van der Waals surface area contributed by atoms with Crippen molar-refractivity contribution in [1.82, 2.24) is 4.90 Å². The van der Waals surface area contributed by atoms with Crippen molar-refractivity contribution in [2.75, 3.05) is 27.2 Å². The first-order valence-corrected chi connectivity index (χ1v) is 8.66. The van der Waals surface area contributed by atoms with Gasteiger partial charge in [0.1, 0.15) is 5.75 Å². The van der Waals surface area contributed by atoms with E-state index >= 15 is 0 Å². The first-order chi connectivity index (χ1) is 11.6. The van der Waals surface area contributed by atoms with Crippen LogP contribution in [0, 0.1) is 23.7 Å². The third-order valence-corrected chi connectivity index (χ3v) is 6.14. The molecule has 0 spiro atoms. The molecule has 5 heteroatoms. The van der Waals surface area contributed by atoms with Crippen molar-refractivity contribution in [3.63, 3.8) is 0 Å². The van der Waals surface area contributed by atoms with Crippen LogP contribution in [0.1, 0.15) is 24.3 Å². The van der Waals surface area contributed by atoms with E-state index in [9.17, 15) is 9.59 Å². The number of carbonyl (C=O) groups is 2. The normalized spacial score (nSPS) is 36.0. The Kier molecular flexibility index (Phi) is 3.83. The van der Waals surface area contributed by atoms with Crippen LogP contribution in [0.25, 0.3) is 0 Å². The first kappa shape index (κ1) is 15.6. The van der Waals surface area contributed by atoms with E-state index in [4.69, 9.17) is 9.47 Å². The molecule has 5 atom stereocenters. The number of methoxy groups -OCH3 is 1. The van der Waals surface area contributed by atoms with Gasteiger partial charge in [-0.05, 0) is 61.9 Å². The summed E-state index contributed by atoms with van der Waals surface area (Å²) in [5, 5.41) is 0. The molecule has 0 N–H and O–H groups in total. The molecule has 24 heavy (non-hydrogen) atoms. The highest BCUT2D eigenvalue weighted by atomic mass is 16.6. The summed E-state index contributed by atoms with van der Waals surface area (Å²) in [5.74, 6) is 0.309. The van der Waals surface area contributed by atoms with Crippen LogP contribution in [0.2, 0.25) is 0 Å². The maximum Gasteiger partial charge on any atom is 0.318 e. The largest absolute Gasteiger partial charge is 0.497 e. The van der Waals surface area contributed by atoms with Gasteiger partial charge in [-0.25, -0.2) is 0 Å². The zero-order valence-corrected chi connectivity index (χ0v) is 14.1. The highest BCUT2D eigenvalue weighted by molar-refractivity contribution is 5.97. The fourth-order valence-corrected chi connectivity index (χ4v) is 4.95. The van der Waals surface area contributed by atoms with E-state index in [-0.39, 0.29) is 35.6 Å². The lowest BCUT2D eigenvalue weighted by Crippen LogP contribution is -2.49. The fourth-order valence-electron chi connectivity index (χ4n) is 4.95. The zero-order chi connectivity index (χ0) is 16.8. The van der Waals surface area contributed by atoms with Gasteiger partial charge in [0.05, 0.1) is 18.9 Å². The maximum atomic E-state index is 12.4. The van der Waals surface area contributed by atoms with Gasteiger partial charge < -0.3 is 14.4 Å². The van der Waals surface area contributed by atoms with E-state index in [0.717, 1.165) is 37.2 Å². The molecule has 1 saturated carbocycles. The molecule has 1 aliphatic carbocycles. The molecule has 2 heterocycles. The van der Waals surface area contributed by atoms with Crippen molar-refractivity contribution < 1.29 is 19.1 Å². The van der Waals surface area contributed by atoms with Gasteiger partial charge in [0.15, 0.2) is 0 Å². The lowest BCUT2D eigenvalue weighted by Gasteiger charge is -2.46. The molecular formula is C19H23NO4. The Bertz CT molecular complexity index is 656. The SMILES string of the molecule is COc1ccc(C2CC3CCN(C)CC3C3C(=O)OC(=O)C23)cc1. The van der Waals surface area contributed by atoms with Gasteiger partial charge >= 0.3 is 11.9 Å². The summed E-state index contributed by atoms with van der Waals surface area (Å²) >= 11 is 0. The van der Waals surface area contributed by atoms with Crippen molar-refractivity contribution in [3.05, 3.63) is 29.8 Å². The van der Waals surface area contributed by atoms with Crippen LogP contribution in [-0.2, 0) is 14.3 Å². The summed E-state index contributed by atoms with van der Waals surface area (Å²) in [7, 11) is 3.73. The number of hydrogen-bond acceptors (Lipinski definition) is 5. The molecule has 4 rings (SSSR count). The van der Waals surface area contributed by atoms with Gasteiger partial charge in [-0.1, -0.05) is 12.1 Å². The Labute approximate surface area is 141 Å². The van der Waals surface area contributed by atoms with Crippen LogP contribution in [0.4, 0.5) is 0 Å². The van der Waals surface area contributed by atoms with Gasteiger partial charge in [0.2, 0.25) is 0 Å². The minimum Gasteiger partial charge on any atom is -0.497 e. The molecular weight excluding hydrogens is 306 g/mol. The third kappa shape index (κ3) is 2.42. The minimum atomic E-state index is -0.336. The second-order valence-corrected chi connectivity index (χ2v) is 7.38. The average Bonchev–Trinajstić information content (AvgIpc) is 2.89. The molecule has 128 valence electrons. The number of piperidine rings is 1. The molecule has 2 aliphatic heterocycles. The summed E-state index contributed by atoms with van der Waals surface area (Å²) in [4.78, 5) is 27.0. The zero-order valence-electron chi connectivity index (χ0n) is 14.1. The standard InChI is InChI=1S/C19H23NO4/c1-20-8-7-12-9-14(11-3-5-13(23-2)6-4-11)16-17(15(12)10-20)19(22)24-18(16)21/h3-6,12,14-17H,7-10H2,1-2H3. The Balaban J connectivity index is 1.69. The predicted molar refractivity (Wildman–Crippen MR) is 87.5 cm³/mol. The lowest BCUT2D eigenvalue weighted by atomic mass is 9.59. The van der Waals surface area contributed by atoms with Crippen LogP contribution in [-0.4, -0.2) is 44.1 Å². The Morgan fingerprint density at radius 3 is 2.54 bits per heavy atom. The van der Waals surface area contributed by atoms with Gasteiger partial charge in [-0.3, -0.25) is 9.59 Å². The summed E-state index contributed by atoms with van der Waals surface area (Å²) in [6.07, 6.45) is 2.03. The lowest BCUT2D eigenvalue weighted by molar-refractivity contribution is -0.154. The molecule has 1 aromatic carbocycles. The van der Waals surface area contributed by atoms with Gasteiger partial charge in [-0.15, -0.1) is 0 Å². The van der Waals surface area contributed by atoms with Crippen LogP contribution < -0.4 is 4.74 Å². The number of likely N-dealkylation sites (tertiary alicyclic amines) is 1. The molecule has 3 fully saturated rings. The number of ether oxygens (including phenoxy) is 2. The minimum absolute atomic E-state index is 0.0597. The van der Waals surface area contributed by atoms with Crippen LogP contribution in [0.3, 0.4) is 0 Å². The fraction of sp³-hybridized carbons (Fsp3) is 0.579. The molecule has 0 bridgehead atoms. The Morgan fingerprint density at radius 2 is 1.83 bits per heavy atom. The van der Waals surface area contributed by atoms with E-state index in [1.54, 1.807) is 7.11 Å². The topological polar surface area (TPSA) is 55.8 Å². The maximum absolute atomic E-state index is 12.4. The molecule has 3 aliphatic rings. The molecule has 0 aromatic heterocycles. The van der Waals surface area contributed by atoms with Gasteiger partial charge in [0.25, 0.3) is 0 Å². The van der Waals surface area contributed by atoms with Crippen molar-refractivity contribution >= 4 is 11.9 Å². The summed E-state index contributed by atoms with van der Waals surface area (Å²) in [5.41, 5.74) is 1.11. The highest BCUT2D eigenvalue weighted by Crippen LogP contribution is 2.52. The van der Waals surface area contributed by atoms with Crippen molar-refractivity contribution in [3.8, 4) is 5.75 Å². The average molecular weight is 329 g/mol. The number of esters is 2. The molecule has 0 radical (unpaired) electrons. The van der Waals surface area contributed by atoms with Crippen molar-refractivity contribution in [2.24, 2.45) is 23.7 Å². The monoisotopic (exact) mass is 329 g/mol. The van der Waals surface area contributed by atoms with E-state index in [0.29, 0.717) is 5.92 Å². The second kappa shape index (κ2) is 5.88. The summed E-state index contributed by atoms with van der Waals surface area (Å²) < 4.78 is 10.3.